The SMILES string of the molecule is Cc1ccccc1C(=O)c1cccnc1C=O. The van der Waals surface area contributed by atoms with Crippen LogP contribution in [0.5, 0.6) is 0 Å². The van der Waals surface area contributed by atoms with Crippen LogP contribution in [-0.4, -0.2) is 17.1 Å². The fourth-order valence-corrected chi connectivity index (χ4v) is 1.68. The number of hydrogen-bond acceptors (Lipinski definition) is 3. The molecule has 0 aliphatic heterocycles. The summed E-state index contributed by atoms with van der Waals surface area (Å²) in [6.45, 7) is 1.87. The van der Waals surface area contributed by atoms with E-state index in [0.717, 1.165) is 5.56 Å². The Balaban J connectivity index is 2.51. The van der Waals surface area contributed by atoms with E-state index in [1.165, 1.54) is 6.20 Å². The van der Waals surface area contributed by atoms with Crippen molar-refractivity contribution in [1.29, 1.82) is 0 Å². The van der Waals surface area contributed by atoms with Gasteiger partial charge in [-0.15, -0.1) is 0 Å². The standard InChI is InChI=1S/C14H11NO2/c1-10-5-2-3-6-11(10)14(17)12-7-4-8-15-13(12)9-16/h2-9H,1H3. The maximum atomic E-state index is 12.2. The number of aromatic nitrogens is 1. The van der Waals surface area contributed by atoms with Crippen molar-refractivity contribution in [1.82, 2.24) is 4.98 Å². The minimum atomic E-state index is -0.168. The fourth-order valence-electron chi connectivity index (χ4n) is 1.68. The Bertz CT molecular complexity index is 576. The second kappa shape index (κ2) is 4.70. The molecular formula is C14H11NO2. The molecule has 0 saturated heterocycles. The number of pyridine rings is 1. The number of aryl methyl sites for hydroxylation is 1. The van der Waals surface area contributed by atoms with Gasteiger partial charge in [0.2, 0.25) is 0 Å². The molecule has 0 radical (unpaired) electrons. The van der Waals surface area contributed by atoms with E-state index >= 15 is 0 Å². The first-order valence-corrected chi connectivity index (χ1v) is 5.24. The molecule has 1 aromatic carbocycles. The summed E-state index contributed by atoms with van der Waals surface area (Å²) in [7, 11) is 0. The number of carbonyl (C=O) groups excluding carboxylic acids is 2. The monoisotopic (exact) mass is 225 g/mol. The summed E-state index contributed by atoms with van der Waals surface area (Å²) < 4.78 is 0. The highest BCUT2D eigenvalue weighted by atomic mass is 16.1. The first kappa shape index (κ1) is 11.2. The summed E-state index contributed by atoms with van der Waals surface area (Å²) in [6.07, 6.45) is 2.10. The highest BCUT2D eigenvalue weighted by molar-refractivity contribution is 6.12. The van der Waals surface area contributed by atoms with Crippen LogP contribution in [0.3, 0.4) is 0 Å². The second-order valence-corrected chi connectivity index (χ2v) is 3.70. The Morgan fingerprint density at radius 2 is 1.82 bits per heavy atom. The number of aldehydes is 1. The predicted octanol–water partition coefficient (Wildman–Crippen LogP) is 2.43. The van der Waals surface area contributed by atoms with Crippen LogP contribution in [0.15, 0.2) is 42.6 Å². The van der Waals surface area contributed by atoms with Crippen LogP contribution in [0, 0.1) is 6.92 Å². The molecule has 1 heterocycles. The molecule has 17 heavy (non-hydrogen) atoms. The third-order valence-electron chi connectivity index (χ3n) is 2.58. The molecule has 2 rings (SSSR count). The minimum Gasteiger partial charge on any atom is -0.296 e. The predicted molar refractivity (Wildman–Crippen MR) is 64.2 cm³/mol. The molecule has 0 spiro atoms. The van der Waals surface area contributed by atoms with Crippen LogP contribution in [-0.2, 0) is 0 Å². The Morgan fingerprint density at radius 3 is 2.53 bits per heavy atom. The van der Waals surface area contributed by atoms with Crippen LogP contribution in [0.2, 0.25) is 0 Å². The summed E-state index contributed by atoms with van der Waals surface area (Å²) in [5.74, 6) is -0.168. The smallest absolute Gasteiger partial charge is 0.195 e. The second-order valence-electron chi connectivity index (χ2n) is 3.70. The molecule has 3 nitrogen and oxygen atoms in total. The molecule has 0 amide bonds. The molecular weight excluding hydrogens is 214 g/mol. The third kappa shape index (κ3) is 2.13. The van der Waals surface area contributed by atoms with Crippen molar-refractivity contribution >= 4 is 12.1 Å². The highest BCUT2D eigenvalue weighted by Crippen LogP contribution is 2.14. The van der Waals surface area contributed by atoms with E-state index in [-0.39, 0.29) is 11.5 Å². The van der Waals surface area contributed by atoms with Crippen LogP contribution < -0.4 is 0 Å². The minimum absolute atomic E-state index is 0.168. The van der Waals surface area contributed by atoms with Gasteiger partial charge in [0.15, 0.2) is 12.1 Å². The molecule has 0 aliphatic rings. The van der Waals surface area contributed by atoms with Crippen LogP contribution in [0.1, 0.15) is 32.0 Å². The number of rotatable bonds is 3. The topological polar surface area (TPSA) is 47.0 Å². The molecule has 0 atom stereocenters. The van der Waals surface area contributed by atoms with E-state index in [9.17, 15) is 9.59 Å². The normalized spacial score (nSPS) is 9.94. The van der Waals surface area contributed by atoms with E-state index in [0.29, 0.717) is 17.4 Å². The van der Waals surface area contributed by atoms with Gasteiger partial charge >= 0.3 is 0 Å². The van der Waals surface area contributed by atoms with Gasteiger partial charge in [-0.1, -0.05) is 24.3 Å². The van der Waals surface area contributed by atoms with Crippen molar-refractivity contribution in [2.24, 2.45) is 0 Å². The average molecular weight is 225 g/mol. The van der Waals surface area contributed by atoms with Crippen LogP contribution >= 0.6 is 0 Å². The molecule has 84 valence electrons. The molecule has 0 bridgehead atoms. The highest BCUT2D eigenvalue weighted by Gasteiger charge is 2.15. The summed E-state index contributed by atoms with van der Waals surface area (Å²) in [5.41, 5.74) is 2.01. The molecule has 1 aromatic heterocycles. The van der Waals surface area contributed by atoms with Crippen molar-refractivity contribution in [3.8, 4) is 0 Å². The van der Waals surface area contributed by atoms with Gasteiger partial charge < -0.3 is 0 Å². The quantitative estimate of drug-likeness (QED) is 0.595. The first-order valence-electron chi connectivity index (χ1n) is 5.24. The Labute approximate surface area is 99.1 Å². The van der Waals surface area contributed by atoms with Crippen LogP contribution in [0.4, 0.5) is 0 Å². The number of carbonyl (C=O) groups is 2. The number of ketones is 1. The van der Waals surface area contributed by atoms with Crippen molar-refractivity contribution in [3.63, 3.8) is 0 Å². The molecule has 0 fully saturated rings. The first-order chi connectivity index (χ1) is 8.24. The Kier molecular flexibility index (Phi) is 3.10. The van der Waals surface area contributed by atoms with E-state index in [2.05, 4.69) is 4.98 Å². The zero-order valence-corrected chi connectivity index (χ0v) is 9.38. The van der Waals surface area contributed by atoms with E-state index in [4.69, 9.17) is 0 Å². The molecule has 0 unspecified atom stereocenters. The van der Waals surface area contributed by atoms with Crippen molar-refractivity contribution in [2.45, 2.75) is 6.92 Å². The largest absolute Gasteiger partial charge is 0.296 e. The number of nitrogens with zero attached hydrogens (tertiary/aromatic N) is 1. The van der Waals surface area contributed by atoms with Gasteiger partial charge in [-0.3, -0.25) is 14.6 Å². The van der Waals surface area contributed by atoms with Gasteiger partial charge in [0.25, 0.3) is 0 Å². The Morgan fingerprint density at radius 1 is 1.12 bits per heavy atom. The maximum absolute atomic E-state index is 12.2. The third-order valence-corrected chi connectivity index (χ3v) is 2.58. The lowest BCUT2D eigenvalue weighted by Gasteiger charge is -2.05. The van der Waals surface area contributed by atoms with Crippen molar-refractivity contribution in [2.75, 3.05) is 0 Å². The summed E-state index contributed by atoms with van der Waals surface area (Å²) in [6, 6.07) is 10.6. The number of hydrogen-bond donors (Lipinski definition) is 0. The van der Waals surface area contributed by atoms with Gasteiger partial charge in [-0.2, -0.15) is 0 Å². The van der Waals surface area contributed by atoms with E-state index < -0.39 is 0 Å². The lowest BCUT2D eigenvalue weighted by molar-refractivity contribution is 0.102. The summed E-state index contributed by atoms with van der Waals surface area (Å²) in [5, 5.41) is 0. The van der Waals surface area contributed by atoms with E-state index in [1.54, 1.807) is 24.3 Å². The van der Waals surface area contributed by atoms with Crippen molar-refractivity contribution in [3.05, 3.63) is 65.0 Å². The molecule has 2 aromatic rings. The zero-order valence-electron chi connectivity index (χ0n) is 9.38. The van der Waals surface area contributed by atoms with Gasteiger partial charge in [0, 0.05) is 11.8 Å². The van der Waals surface area contributed by atoms with Gasteiger partial charge in [0.1, 0.15) is 5.69 Å². The summed E-state index contributed by atoms with van der Waals surface area (Å²) >= 11 is 0. The molecule has 0 N–H and O–H groups in total. The average Bonchev–Trinajstić information content (AvgIpc) is 2.38. The zero-order chi connectivity index (χ0) is 12.3. The fraction of sp³-hybridized carbons (Fsp3) is 0.0714. The lowest BCUT2D eigenvalue weighted by atomic mass is 9.98. The maximum Gasteiger partial charge on any atom is 0.195 e. The Hall–Kier alpha value is -2.29. The molecule has 0 aliphatic carbocycles. The van der Waals surface area contributed by atoms with Crippen LogP contribution in [0.25, 0.3) is 0 Å². The molecule has 3 heteroatoms. The van der Waals surface area contributed by atoms with Gasteiger partial charge in [-0.05, 0) is 24.6 Å². The lowest BCUT2D eigenvalue weighted by Crippen LogP contribution is -2.08. The van der Waals surface area contributed by atoms with Gasteiger partial charge in [-0.25, -0.2) is 0 Å². The van der Waals surface area contributed by atoms with E-state index in [1.807, 2.05) is 19.1 Å². The molecule has 0 saturated carbocycles. The summed E-state index contributed by atoms with van der Waals surface area (Å²) in [4.78, 5) is 27.0. The number of benzene rings is 1. The van der Waals surface area contributed by atoms with Crippen molar-refractivity contribution < 1.29 is 9.59 Å². The van der Waals surface area contributed by atoms with Gasteiger partial charge in [0.05, 0.1) is 5.56 Å².